The van der Waals surface area contributed by atoms with Crippen molar-refractivity contribution in [1.29, 1.82) is 0 Å². The molecule has 0 spiro atoms. The van der Waals surface area contributed by atoms with Crippen LogP contribution in [0.2, 0.25) is 0 Å². The molecular formula is C22H22FN3O7. The number of hydrogen-bond donors (Lipinski definition) is 2. The Morgan fingerprint density at radius 1 is 1.39 bits per heavy atom. The summed E-state index contributed by atoms with van der Waals surface area (Å²) in [5.74, 6) is -0.734. The number of aromatic nitrogens is 1. The van der Waals surface area contributed by atoms with E-state index in [2.05, 4.69) is 5.16 Å². The Morgan fingerprint density at radius 3 is 2.94 bits per heavy atom. The van der Waals surface area contributed by atoms with Gasteiger partial charge in [0.15, 0.2) is 12.2 Å². The SMILES string of the molecule is O=C(C(O)CO)N1CC=C(c2cc3c(cc2F)N2C(=O)O[C@@H](COc4ccon4)C2C3)CC1. The van der Waals surface area contributed by atoms with Crippen LogP contribution in [0, 0.1) is 5.82 Å². The van der Waals surface area contributed by atoms with Gasteiger partial charge in [0, 0.05) is 24.7 Å². The summed E-state index contributed by atoms with van der Waals surface area (Å²) in [7, 11) is 0. The minimum Gasteiger partial charge on any atom is -0.471 e. The second-order valence-corrected chi connectivity index (χ2v) is 8.14. The van der Waals surface area contributed by atoms with Gasteiger partial charge in [0.2, 0.25) is 0 Å². The van der Waals surface area contributed by atoms with Gasteiger partial charge in [0.1, 0.15) is 18.7 Å². The number of halogens is 1. The third kappa shape index (κ3) is 3.83. The van der Waals surface area contributed by atoms with Crippen LogP contribution in [0.5, 0.6) is 5.88 Å². The third-order valence-corrected chi connectivity index (χ3v) is 6.20. The van der Waals surface area contributed by atoms with Crippen LogP contribution in [-0.4, -0.2) is 76.8 Å². The van der Waals surface area contributed by atoms with Crippen molar-refractivity contribution in [3.05, 3.63) is 47.5 Å². The molecule has 0 saturated carbocycles. The van der Waals surface area contributed by atoms with Crippen LogP contribution in [0.3, 0.4) is 0 Å². The lowest BCUT2D eigenvalue weighted by Gasteiger charge is -2.28. The zero-order valence-electron chi connectivity index (χ0n) is 17.5. The van der Waals surface area contributed by atoms with Gasteiger partial charge in [-0.15, -0.1) is 0 Å². The van der Waals surface area contributed by atoms with Crippen LogP contribution in [0.4, 0.5) is 14.9 Å². The zero-order valence-corrected chi connectivity index (χ0v) is 17.5. The highest BCUT2D eigenvalue weighted by atomic mass is 19.1. The van der Waals surface area contributed by atoms with E-state index < -0.39 is 36.6 Å². The number of amides is 2. The molecule has 2 aromatic rings. The molecule has 11 heteroatoms. The average molecular weight is 459 g/mol. The number of aliphatic hydroxyl groups excluding tert-OH is 2. The molecule has 2 unspecified atom stereocenters. The quantitative estimate of drug-likeness (QED) is 0.658. The second kappa shape index (κ2) is 8.49. The highest BCUT2D eigenvalue weighted by Crippen LogP contribution is 2.41. The number of cyclic esters (lactones) is 1. The smallest absolute Gasteiger partial charge is 0.415 e. The molecule has 2 amide bonds. The Balaban J connectivity index is 1.33. The number of carbonyl (C=O) groups excluding carboxylic acids is 2. The van der Waals surface area contributed by atoms with Crippen LogP contribution in [0.1, 0.15) is 17.5 Å². The fraction of sp³-hybridized carbons (Fsp3) is 0.409. The molecule has 1 saturated heterocycles. The molecule has 1 aromatic carbocycles. The van der Waals surface area contributed by atoms with Crippen molar-refractivity contribution in [2.24, 2.45) is 0 Å². The lowest BCUT2D eigenvalue weighted by molar-refractivity contribution is -0.141. The topological polar surface area (TPSA) is 126 Å². The molecule has 3 atom stereocenters. The normalized spacial score (nSPS) is 22.5. The lowest BCUT2D eigenvalue weighted by atomic mass is 9.95. The van der Waals surface area contributed by atoms with Crippen LogP contribution >= 0.6 is 0 Å². The van der Waals surface area contributed by atoms with Crippen LogP contribution in [0.15, 0.2) is 35.1 Å². The van der Waals surface area contributed by atoms with E-state index in [1.54, 1.807) is 18.2 Å². The van der Waals surface area contributed by atoms with E-state index in [-0.39, 0.29) is 25.1 Å². The van der Waals surface area contributed by atoms with Crippen molar-refractivity contribution in [2.45, 2.75) is 31.1 Å². The number of rotatable bonds is 6. The molecule has 174 valence electrons. The number of benzene rings is 1. The summed E-state index contributed by atoms with van der Waals surface area (Å²) in [6.07, 6.45) is 1.47. The molecule has 33 heavy (non-hydrogen) atoms. The number of fused-ring (bicyclic) bond motifs is 3. The highest BCUT2D eigenvalue weighted by Gasteiger charge is 2.48. The first-order chi connectivity index (χ1) is 16.0. The molecule has 5 rings (SSSR count). The number of aliphatic hydroxyl groups is 2. The number of ether oxygens (including phenoxy) is 2. The van der Waals surface area contributed by atoms with Crippen molar-refractivity contribution in [3.63, 3.8) is 0 Å². The van der Waals surface area contributed by atoms with Gasteiger partial charge >= 0.3 is 6.09 Å². The van der Waals surface area contributed by atoms with Gasteiger partial charge in [-0.05, 0) is 41.3 Å². The number of carbonyl (C=O) groups is 2. The largest absolute Gasteiger partial charge is 0.471 e. The Bertz CT molecular complexity index is 1100. The summed E-state index contributed by atoms with van der Waals surface area (Å²) in [4.78, 5) is 27.4. The van der Waals surface area contributed by atoms with Gasteiger partial charge in [-0.3, -0.25) is 9.69 Å². The second-order valence-electron chi connectivity index (χ2n) is 8.14. The number of anilines is 1. The van der Waals surface area contributed by atoms with Gasteiger partial charge in [0.25, 0.3) is 11.8 Å². The molecule has 0 radical (unpaired) electrons. The molecular weight excluding hydrogens is 437 g/mol. The predicted molar refractivity (Wildman–Crippen MR) is 111 cm³/mol. The molecule has 0 aliphatic carbocycles. The molecule has 0 bridgehead atoms. The molecule has 3 aliphatic heterocycles. The van der Waals surface area contributed by atoms with Gasteiger partial charge in [-0.2, -0.15) is 0 Å². The van der Waals surface area contributed by atoms with Crippen molar-refractivity contribution in [1.82, 2.24) is 10.1 Å². The Kier molecular flexibility index (Phi) is 5.51. The number of nitrogens with zero attached hydrogens (tertiary/aromatic N) is 3. The maximum atomic E-state index is 15.1. The standard InChI is InChI=1S/C22H22FN3O7/c23-15-9-16-13(7-14(15)12-1-4-25(5-2-12)21(29)18(28)10-27)8-17-19(33-22(30)26(16)17)11-31-20-3-6-32-24-20/h1,3,6-7,9,17-19,27-28H,2,4-5,8,10-11H2/t17?,18?,19-/m0/s1. The first kappa shape index (κ1) is 21.4. The maximum absolute atomic E-state index is 15.1. The van der Waals surface area contributed by atoms with Crippen LogP contribution in [-0.2, 0) is 16.0 Å². The predicted octanol–water partition coefficient (Wildman–Crippen LogP) is 1.11. The van der Waals surface area contributed by atoms with Gasteiger partial charge in [-0.1, -0.05) is 6.08 Å². The van der Waals surface area contributed by atoms with Crippen molar-refractivity contribution >= 4 is 23.3 Å². The molecule has 3 aliphatic rings. The maximum Gasteiger partial charge on any atom is 0.415 e. The van der Waals surface area contributed by atoms with Crippen LogP contribution < -0.4 is 9.64 Å². The highest BCUT2D eigenvalue weighted by molar-refractivity contribution is 5.94. The van der Waals surface area contributed by atoms with Crippen molar-refractivity contribution in [3.8, 4) is 5.88 Å². The van der Waals surface area contributed by atoms with E-state index in [0.717, 1.165) is 11.1 Å². The van der Waals surface area contributed by atoms with Crippen molar-refractivity contribution < 1.29 is 38.2 Å². The average Bonchev–Trinajstić information content (AvgIpc) is 3.54. The van der Waals surface area contributed by atoms with Gasteiger partial charge in [-0.25, -0.2) is 9.18 Å². The van der Waals surface area contributed by atoms with E-state index in [1.165, 1.54) is 22.1 Å². The van der Waals surface area contributed by atoms with E-state index in [4.69, 9.17) is 19.1 Å². The summed E-state index contributed by atoms with van der Waals surface area (Å²) in [6.45, 7) is -0.0291. The monoisotopic (exact) mass is 459 g/mol. The first-order valence-electron chi connectivity index (χ1n) is 10.6. The Hall–Kier alpha value is -3.44. The zero-order chi connectivity index (χ0) is 23.1. The first-order valence-corrected chi connectivity index (χ1v) is 10.6. The van der Waals surface area contributed by atoms with E-state index in [9.17, 15) is 14.7 Å². The van der Waals surface area contributed by atoms with Gasteiger partial charge in [0.05, 0.1) is 18.3 Å². The number of hydrogen-bond acceptors (Lipinski definition) is 8. The Morgan fingerprint density at radius 2 is 2.24 bits per heavy atom. The lowest BCUT2D eigenvalue weighted by Crippen LogP contribution is -2.42. The van der Waals surface area contributed by atoms with Crippen LogP contribution in [0.25, 0.3) is 5.57 Å². The van der Waals surface area contributed by atoms with E-state index in [0.29, 0.717) is 30.6 Å². The summed E-state index contributed by atoms with van der Waals surface area (Å²) in [5.41, 5.74) is 2.48. The minimum atomic E-state index is -1.45. The summed E-state index contributed by atoms with van der Waals surface area (Å²) in [6, 6.07) is 4.33. The molecule has 10 nitrogen and oxygen atoms in total. The molecule has 4 heterocycles. The van der Waals surface area contributed by atoms with E-state index in [1.807, 2.05) is 0 Å². The minimum absolute atomic E-state index is 0.0947. The Labute approximate surface area is 187 Å². The third-order valence-electron chi connectivity index (χ3n) is 6.20. The van der Waals surface area contributed by atoms with E-state index >= 15 is 4.39 Å². The van der Waals surface area contributed by atoms with Gasteiger partial charge < -0.3 is 29.1 Å². The summed E-state index contributed by atoms with van der Waals surface area (Å²) in [5, 5.41) is 22.2. The fourth-order valence-electron chi connectivity index (χ4n) is 4.52. The van der Waals surface area contributed by atoms with Crippen molar-refractivity contribution in [2.75, 3.05) is 31.2 Å². The summed E-state index contributed by atoms with van der Waals surface area (Å²) >= 11 is 0. The molecule has 1 fully saturated rings. The summed E-state index contributed by atoms with van der Waals surface area (Å²) < 4.78 is 30.7. The molecule has 1 aromatic heterocycles. The fourth-order valence-corrected chi connectivity index (χ4v) is 4.52. The molecule has 2 N–H and O–H groups in total.